The minimum absolute atomic E-state index is 0.176. The molecule has 0 aromatic carbocycles. The molecular formula is C7H12N4O. The second-order valence-electron chi connectivity index (χ2n) is 3.43. The Morgan fingerprint density at radius 1 is 1.33 bits per heavy atom. The zero-order valence-electron chi connectivity index (χ0n) is 6.81. The second kappa shape index (κ2) is 3.31. The fraction of sp³-hybridized carbons (Fsp3) is 1.00. The van der Waals surface area contributed by atoms with Crippen LogP contribution < -0.4 is 5.32 Å². The highest BCUT2D eigenvalue weighted by Crippen LogP contribution is 2.20. The van der Waals surface area contributed by atoms with E-state index in [1.165, 1.54) is 0 Å². The number of rotatable bonds is 1. The number of nitrogens with one attached hydrogen (secondary N) is 1. The highest BCUT2D eigenvalue weighted by molar-refractivity contribution is 4.91. The van der Waals surface area contributed by atoms with Gasteiger partial charge in [0.2, 0.25) is 0 Å². The lowest BCUT2D eigenvalue weighted by molar-refractivity contribution is 0.0189. The lowest BCUT2D eigenvalue weighted by atomic mass is 9.93. The first kappa shape index (κ1) is 7.86. The Morgan fingerprint density at radius 2 is 2.00 bits per heavy atom. The van der Waals surface area contributed by atoms with E-state index in [4.69, 9.17) is 10.3 Å². The van der Waals surface area contributed by atoms with Crippen molar-refractivity contribution in [3.05, 3.63) is 10.4 Å². The van der Waals surface area contributed by atoms with Gasteiger partial charge in [0, 0.05) is 23.0 Å². The third-order valence-corrected chi connectivity index (χ3v) is 2.44. The van der Waals surface area contributed by atoms with Gasteiger partial charge in [0.05, 0.1) is 13.2 Å². The van der Waals surface area contributed by atoms with Gasteiger partial charge >= 0.3 is 0 Å². The summed E-state index contributed by atoms with van der Waals surface area (Å²) in [5.74, 6) is 0. The van der Waals surface area contributed by atoms with E-state index < -0.39 is 0 Å². The summed E-state index contributed by atoms with van der Waals surface area (Å²) in [6.45, 7) is 1.52. The number of ether oxygens (including phenoxy) is 1. The summed E-state index contributed by atoms with van der Waals surface area (Å²) in [6.07, 6.45) is 1.83. The fourth-order valence-electron chi connectivity index (χ4n) is 1.97. The van der Waals surface area contributed by atoms with Crippen molar-refractivity contribution < 1.29 is 4.74 Å². The SMILES string of the molecule is [N-]=[N+]=NC1CC2COCC(C1)N2. The summed E-state index contributed by atoms with van der Waals surface area (Å²) in [6, 6.07) is 0.969. The van der Waals surface area contributed by atoms with Crippen molar-refractivity contribution in [2.45, 2.75) is 31.0 Å². The van der Waals surface area contributed by atoms with E-state index in [1.54, 1.807) is 0 Å². The van der Waals surface area contributed by atoms with Crippen LogP contribution in [-0.2, 0) is 4.74 Å². The van der Waals surface area contributed by atoms with E-state index in [2.05, 4.69) is 15.3 Å². The van der Waals surface area contributed by atoms with Crippen LogP contribution in [0.2, 0.25) is 0 Å². The van der Waals surface area contributed by atoms with Gasteiger partial charge in [-0.05, 0) is 18.4 Å². The maximum absolute atomic E-state index is 8.29. The molecule has 1 N–H and O–H groups in total. The smallest absolute Gasteiger partial charge is 0.0620 e. The monoisotopic (exact) mass is 168 g/mol. The Labute approximate surface area is 70.7 Å². The molecule has 5 heteroatoms. The van der Waals surface area contributed by atoms with Crippen LogP contribution in [-0.4, -0.2) is 31.3 Å². The molecule has 2 saturated heterocycles. The van der Waals surface area contributed by atoms with E-state index in [0.29, 0.717) is 12.1 Å². The summed E-state index contributed by atoms with van der Waals surface area (Å²) in [7, 11) is 0. The van der Waals surface area contributed by atoms with Crippen LogP contribution in [0.5, 0.6) is 0 Å². The average molecular weight is 168 g/mol. The molecule has 2 unspecified atom stereocenters. The predicted molar refractivity (Wildman–Crippen MR) is 43.7 cm³/mol. The normalized spacial score (nSPS) is 40.2. The maximum atomic E-state index is 8.29. The third-order valence-electron chi connectivity index (χ3n) is 2.44. The Hall–Kier alpha value is -0.770. The quantitative estimate of drug-likeness (QED) is 0.357. The van der Waals surface area contributed by atoms with E-state index in [-0.39, 0.29) is 6.04 Å². The number of hydrogen-bond donors (Lipinski definition) is 1. The molecule has 0 aliphatic carbocycles. The molecule has 0 aromatic heterocycles. The number of piperidine rings is 1. The molecule has 0 amide bonds. The lowest BCUT2D eigenvalue weighted by Crippen LogP contribution is -2.54. The van der Waals surface area contributed by atoms with Crippen molar-refractivity contribution in [2.24, 2.45) is 5.11 Å². The molecule has 2 fully saturated rings. The molecule has 2 bridgehead atoms. The first-order chi connectivity index (χ1) is 5.88. The molecule has 66 valence electrons. The molecule has 0 radical (unpaired) electrons. The van der Waals surface area contributed by atoms with Crippen molar-refractivity contribution in [2.75, 3.05) is 13.2 Å². The van der Waals surface area contributed by atoms with Gasteiger partial charge in [-0.25, -0.2) is 0 Å². The number of azide groups is 1. The summed E-state index contributed by atoms with van der Waals surface area (Å²) >= 11 is 0. The molecule has 2 aliphatic heterocycles. The van der Waals surface area contributed by atoms with Crippen molar-refractivity contribution in [1.29, 1.82) is 0 Å². The van der Waals surface area contributed by atoms with Gasteiger partial charge in [0.1, 0.15) is 0 Å². The standard InChI is InChI=1S/C7H12N4O/c8-11-10-5-1-6-3-12-4-7(2-5)9-6/h5-7,9H,1-4H2. The largest absolute Gasteiger partial charge is 0.378 e. The molecule has 2 atom stereocenters. The first-order valence-electron chi connectivity index (χ1n) is 4.26. The van der Waals surface area contributed by atoms with Crippen LogP contribution in [0.4, 0.5) is 0 Å². The number of nitrogens with zero attached hydrogens (tertiary/aromatic N) is 3. The van der Waals surface area contributed by atoms with Crippen LogP contribution >= 0.6 is 0 Å². The average Bonchev–Trinajstić information content (AvgIpc) is 2.04. The highest BCUT2D eigenvalue weighted by atomic mass is 16.5. The fourth-order valence-corrected chi connectivity index (χ4v) is 1.97. The number of hydrogen-bond acceptors (Lipinski definition) is 3. The highest BCUT2D eigenvalue weighted by Gasteiger charge is 2.30. The molecule has 12 heavy (non-hydrogen) atoms. The van der Waals surface area contributed by atoms with E-state index in [1.807, 2.05) is 0 Å². The zero-order chi connectivity index (χ0) is 8.39. The second-order valence-corrected chi connectivity index (χ2v) is 3.43. The molecular weight excluding hydrogens is 156 g/mol. The minimum Gasteiger partial charge on any atom is -0.378 e. The molecule has 0 spiro atoms. The van der Waals surface area contributed by atoms with Crippen LogP contribution in [0.1, 0.15) is 12.8 Å². The Morgan fingerprint density at radius 3 is 2.58 bits per heavy atom. The summed E-state index contributed by atoms with van der Waals surface area (Å²) in [5, 5.41) is 7.18. The Balaban J connectivity index is 2.00. The van der Waals surface area contributed by atoms with Gasteiger partial charge in [-0.1, -0.05) is 5.11 Å². The van der Waals surface area contributed by atoms with E-state index in [0.717, 1.165) is 26.1 Å². The Kier molecular flexibility index (Phi) is 2.17. The Bertz CT molecular complexity index is 201. The molecule has 2 aliphatic rings. The van der Waals surface area contributed by atoms with Gasteiger partial charge in [-0.3, -0.25) is 0 Å². The molecule has 5 nitrogen and oxygen atoms in total. The zero-order valence-corrected chi connectivity index (χ0v) is 6.81. The molecule has 0 saturated carbocycles. The first-order valence-corrected chi connectivity index (χ1v) is 4.26. The van der Waals surface area contributed by atoms with Crippen LogP contribution in [0.15, 0.2) is 5.11 Å². The van der Waals surface area contributed by atoms with Crippen LogP contribution in [0.25, 0.3) is 10.4 Å². The number of morpholine rings is 1. The number of fused-ring (bicyclic) bond motifs is 2. The van der Waals surface area contributed by atoms with Crippen LogP contribution in [0, 0.1) is 0 Å². The van der Waals surface area contributed by atoms with Crippen molar-refractivity contribution in [3.8, 4) is 0 Å². The van der Waals surface area contributed by atoms with Crippen LogP contribution in [0.3, 0.4) is 0 Å². The van der Waals surface area contributed by atoms with E-state index in [9.17, 15) is 0 Å². The predicted octanol–water partition coefficient (Wildman–Crippen LogP) is 0.816. The van der Waals surface area contributed by atoms with Gasteiger partial charge in [-0.2, -0.15) is 0 Å². The summed E-state index contributed by atoms with van der Waals surface area (Å²) in [4.78, 5) is 2.84. The molecule has 2 rings (SSSR count). The summed E-state index contributed by atoms with van der Waals surface area (Å²) < 4.78 is 5.37. The van der Waals surface area contributed by atoms with Crippen molar-refractivity contribution >= 4 is 0 Å². The van der Waals surface area contributed by atoms with E-state index >= 15 is 0 Å². The summed E-state index contributed by atoms with van der Waals surface area (Å²) in [5.41, 5.74) is 8.29. The van der Waals surface area contributed by atoms with Gasteiger partial charge in [-0.15, -0.1) is 0 Å². The van der Waals surface area contributed by atoms with Crippen molar-refractivity contribution in [1.82, 2.24) is 5.32 Å². The van der Waals surface area contributed by atoms with Crippen molar-refractivity contribution in [3.63, 3.8) is 0 Å². The maximum Gasteiger partial charge on any atom is 0.0620 e. The topological polar surface area (TPSA) is 70.0 Å². The van der Waals surface area contributed by atoms with Gasteiger partial charge in [0.15, 0.2) is 0 Å². The molecule has 0 aromatic rings. The van der Waals surface area contributed by atoms with Gasteiger partial charge < -0.3 is 10.1 Å². The third kappa shape index (κ3) is 1.53. The lowest BCUT2D eigenvalue weighted by Gasteiger charge is -2.38. The van der Waals surface area contributed by atoms with Gasteiger partial charge in [0.25, 0.3) is 0 Å². The molecule has 2 heterocycles. The minimum atomic E-state index is 0.176.